The third-order valence-electron chi connectivity index (χ3n) is 2.90. The molecular formula is C14H12BrClN2O2. The summed E-state index contributed by atoms with van der Waals surface area (Å²) in [7, 11) is 0. The second-order valence-corrected chi connectivity index (χ2v) is 5.70. The van der Waals surface area contributed by atoms with Gasteiger partial charge in [-0.05, 0) is 42.8 Å². The average Bonchev–Trinajstić information content (AvgIpc) is 2.37. The number of benzene rings is 2. The van der Waals surface area contributed by atoms with E-state index in [1.807, 2.05) is 25.1 Å². The number of halogens is 2. The van der Waals surface area contributed by atoms with E-state index < -0.39 is 4.92 Å². The second-order valence-electron chi connectivity index (χ2n) is 4.34. The first-order chi connectivity index (χ1) is 9.47. The fourth-order valence-corrected chi connectivity index (χ4v) is 2.56. The Labute approximate surface area is 130 Å². The van der Waals surface area contributed by atoms with Crippen LogP contribution in [0.1, 0.15) is 11.1 Å². The van der Waals surface area contributed by atoms with Gasteiger partial charge in [0.25, 0.3) is 5.69 Å². The first-order valence-corrected chi connectivity index (χ1v) is 7.07. The van der Waals surface area contributed by atoms with Crippen molar-refractivity contribution in [3.8, 4) is 0 Å². The van der Waals surface area contributed by atoms with Gasteiger partial charge in [0, 0.05) is 27.8 Å². The molecule has 0 bridgehead atoms. The van der Waals surface area contributed by atoms with Crippen molar-refractivity contribution < 1.29 is 4.92 Å². The monoisotopic (exact) mass is 354 g/mol. The zero-order valence-corrected chi connectivity index (χ0v) is 13.0. The number of nitro groups is 1. The molecule has 0 aliphatic carbocycles. The second kappa shape index (κ2) is 6.24. The van der Waals surface area contributed by atoms with E-state index >= 15 is 0 Å². The van der Waals surface area contributed by atoms with Crippen LogP contribution >= 0.6 is 27.5 Å². The number of rotatable bonds is 4. The minimum Gasteiger partial charge on any atom is -0.380 e. The highest BCUT2D eigenvalue weighted by Crippen LogP contribution is 2.25. The molecule has 0 saturated heterocycles. The van der Waals surface area contributed by atoms with Crippen LogP contribution in [0.25, 0.3) is 0 Å². The van der Waals surface area contributed by atoms with Gasteiger partial charge in [-0.25, -0.2) is 0 Å². The smallest absolute Gasteiger partial charge is 0.274 e. The van der Waals surface area contributed by atoms with Crippen molar-refractivity contribution in [3.63, 3.8) is 0 Å². The zero-order chi connectivity index (χ0) is 14.7. The quantitative estimate of drug-likeness (QED) is 0.625. The van der Waals surface area contributed by atoms with Gasteiger partial charge < -0.3 is 5.32 Å². The molecule has 2 rings (SSSR count). The van der Waals surface area contributed by atoms with Gasteiger partial charge in [-0.2, -0.15) is 0 Å². The van der Waals surface area contributed by atoms with Crippen LogP contribution in [0.15, 0.2) is 40.9 Å². The number of nitrogens with zero attached hydrogens (tertiary/aromatic N) is 1. The Morgan fingerprint density at radius 3 is 2.70 bits per heavy atom. The first-order valence-electron chi connectivity index (χ1n) is 5.90. The summed E-state index contributed by atoms with van der Waals surface area (Å²) in [5, 5.41) is 14.7. The Kier molecular flexibility index (Phi) is 4.62. The van der Waals surface area contributed by atoms with E-state index in [-0.39, 0.29) is 5.69 Å². The SMILES string of the molecule is Cc1cc(Br)ccc1NCc1cc(Cl)ccc1[N+](=O)[O-]. The molecule has 0 aliphatic rings. The summed E-state index contributed by atoms with van der Waals surface area (Å²) in [5.41, 5.74) is 2.62. The molecule has 2 aromatic rings. The van der Waals surface area contributed by atoms with Gasteiger partial charge in [0.1, 0.15) is 0 Å². The van der Waals surface area contributed by atoms with E-state index in [9.17, 15) is 10.1 Å². The molecule has 104 valence electrons. The van der Waals surface area contributed by atoms with Crippen LogP contribution < -0.4 is 5.32 Å². The van der Waals surface area contributed by atoms with Gasteiger partial charge in [-0.1, -0.05) is 27.5 Å². The van der Waals surface area contributed by atoms with Crippen molar-refractivity contribution >= 4 is 38.9 Å². The molecule has 0 amide bonds. The number of hydrogen-bond donors (Lipinski definition) is 1. The summed E-state index contributed by atoms with van der Waals surface area (Å²) in [5.74, 6) is 0. The maximum atomic E-state index is 11.0. The molecule has 4 nitrogen and oxygen atoms in total. The molecule has 0 unspecified atom stereocenters. The molecule has 0 aromatic heterocycles. The van der Waals surface area contributed by atoms with E-state index in [1.54, 1.807) is 6.07 Å². The molecule has 1 N–H and O–H groups in total. The summed E-state index contributed by atoms with van der Waals surface area (Å²) >= 11 is 9.30. The van der Waals surface area contributed by atoms with Crippen molar-refractivity contribution in [1.82, 2.24) is 0 Å². The third-order valence-corrected chi connectivity index (χ3v) is 3.62. The maximum Gasteiger partial charge on any atom is 0.274 e. The fourth-order valence-electron chi connectivity index (χ4n) is 1.89. The van der Waals surface area contributed by atoms with Crippen molar-refractivity contribution in [1.29, 1.82) is 0 Å². The predicted octanol–water partition coefficient (Wildman–Crippen LogP) is 4.93. The molecule has 20 heavy (non-hydrogen) atoms. The number of aryl methyl sites for hydroxylation is 1. The first kappa shape index (κ1) is 14.8. The lowest BCUT2D eigenvalue weighted by atomic mass is 10.1. The Bertz CT molecular complexity index is 662. The minimum atomic E-state index is -0.401. The summed E-state index contributed by atoms with van der Waals surface area (Å²) in [4.78, 5) is 10.6. The number of anilines is 1. The maximum absolute atomic E-state index is 11.0. The molecular weight excluding hydrogens is 344 g/mol. The third kappa shape index (κ3) is 3.49. The van der Waals surface area contributed by atoms with Gasteiger partial charge in [-0.15, -0.1) is 0 Å². The largest absolute Gasteiger partial charge is 0.380 e. The topological polar surface area (TPSA) is 55.2 Å². The molecule has 0 saturated carbocycles. The predicted molar refractivity (Wildman–Crippen MR) is 84.3 cm³/mol. The Hall–Kier alpha value is -1.59. The van der Waals surface area contributed by atoms with Crippen LogP contribution in [0, 0.1) is 17.0 Å². The van der Waals surface area contributed by atoms with Crippen LogP contribution in [0.4, 0.5) is 11.4 Å². The summed E-state index contributed by atoms with van der Waals surface area (Å²) in [6.45, 7) is 2.32. The van der Waals surface area contributed by atoms with Crippen molar-refractivity contribution in [2.45, 2.75) is 13.5 Å². The number of nitrogens with one attached hydrogen (secondary N) is 1. The highest BCUT2D eigenvalue weighted by atomic mass is 79.9. The van der Waals surface area contributed by atoms with E-state index in [1.165, 1.54) is 12.1 Å². The molecule has 0 heterocycles. The van der Waals surface area contributed by atoms with E-state index in [4.69, 9.17) is 11.6 Å². The summed E-state index contributed by atoms with van der Waals surface area (Å²) in [6, 6.07) is 10.4. The lowest BCUT2D eigenvalue weighted by Crippen LogP contribution is -2.04. The van der Waals surface area contributed by atoms with E-state index in [2.05, 4.69) is 21.2 Å². The van der Waals surface area contributed by atoms with Gasteiger partial charge >= 0.3 is 0 Å². The molecule has 0 aliphatic heterocycles. The molecule has 0 atom stereocenters. The zero-order valence-electron chi connectivity index (χ0n) is 10.7. The average molecular weight is 356 g/mol. The molecule has 0 radical (unpaired) electrons. The Morgan fingerprint density at radius 2 is 2.05 bits per heavy atom. The standard InChI is InChI=1S/C14H12BrClN2O2/c1-9-6-11(15)2-4-13(9)17-8-10-7-12(16)3-5-14(10)18(19)20/h2-7,17H,8H2,1H3. The lowest BCUT2D eigenvalue weighted by molar-refractivity contribution is -0.385. The van der Waals surface area contributed by atoms with Gasteiger partial charge in [0.05, 0.1) is 10.5 Å². The lowest BCUT2D eigenvalue weighted by Gasteiger charge is -2.10. The summed E-state index contributed by atoms with van der Waals surface area (Å²) < 4.78 is 0.995. The van der Waals surface area contributed by atoms with Gasteiger partial charge in [0.15, 0.2) is 0 Å². The number of hydrogen-bond acceptors (Lipinski definition) is 3. The van der Waals surface area contributed by atoms with Crippen LogP contribution in [0.5, 0.6) is 0 Å². The van der Waals surface area contributed by atoms with Crippen LogP contribution in [0.3, 0.4) is 0 Å². The van der Waals surface area contributed by atoms with Crippen molar-refractivity contribution in [2.75, 3.05) is 5.32 Å². The van der Waals surface area contributed by atoms with Crippen LogP contribution in [0.2, 0.25) is 5.02 Å². The minimum absolute atomic E-state index is 0.0664. The normalized spacial score (nSPS) is 10.3. The molecule has 0 spiro atoms. The van der Waals surface area contributed by atoms with E-state index in [0.29, 0.717) is 17.1 Å². The fraction of sp³-hybridized carbons (Fsp3) is 0.143. The van der Waals surface area contributed by atoms with E-state index in [0.717, 1.165) is 15.7 Å². The summed E-state index contributed by atoms with van der Waals surface area (Å²) in [6.07, 6.45) is 0. The van der Waals surface area contributed by atoms with Crippen molar-refractivity contribution in [2.24, 2.45) is 0 Å². The van der Waals surface area contributed by atoms with Crippen LogP contribution in [-0.4, -0.2) is 4.92 Å². The molecule has 6 heteroatoms. The molecule has 2 aromatic carbocycles. The van der Waals surface area contributed by atoms with Crippen LogP contribution in [-0.2, 0) is 6.54 Å². The Balaban J connectivity index is 2.22. The Morgan fingerprint density at radius 1 is 1.30 bits per heavy atom. The van der Waals surface area contributed by atoms with Crippen molar-refractivity contribution in [3.05, 3.63) is 67.1 Å². The van der Waals surface area contributed by atoms with Gasteiger partial charge in [-0.3, -0.25) is 10.1 Å². The highest BCUT2D eigenvalue weighted by Gasteiger charge is 2.13. The number of nitro benzene ring substituents is 1. The van der Waals surface area contributed by atoms with Gasteiger partial charge in [0.2, 0.25) is 0 Å². The highest BCUT2D eigenvalue weighted by molar-refractivity contribution is 9.10. The molecule has 0 fully saturated rings.